The molecule has 1 N–H and O–H groups in total. The Morgan fingerprint density at radius 2 is 1.81 bits per heavy atom. The highest BCUT2D eigenvalue weighted by Gasteiger charge is 2.17. The van der Waals surface area contributed by atoms with Crippen molar-refractivity contribution in [3.63, 3.8) is 0 Å². The molecule has 21 heavy (non-hydrogen) atoms. The van der Waals surface area contributed by atoms with Gasteiger partial charge in [0.15, 0.2) is 0 Å². The van der Waals surface area contributed by atoms with Gasteiger partial charge in [-0.05, 0) is 42.8 Å². The van der Waals surface area contributed by atoms with Crippen molar-refractivity contribution >= 4 is 11.6 Å². The van der Waals surface area contributed by atoms with Gasteiger partial charge in [-0.2, -0.15) is 0 Å². The van der Waals surface area contributed by atoms with Crippen LogP contribution in [0.1, 0.15) is 12.5 Å². The van der Waals surface area contributed by atoms with Gasteiger partial charge in [-0.3, -0.25) is 0 Å². The first-order chi connectivity index (χ1) is 10.1. The van der Waals surface area contributed by atoms with Gasteiger partial charge in [-0.15, -0.1) is 0 Å². The second-order valence-electron chi connectivity index (χ2n) is 4.90. The molecule has 0 radical (unpaired) electrons. The smallest absolute Gasteiger partial charge is 0.122 e. The summed E-state index contributed by atoms with van der Waals surface area (Å²) in [6, 6.07) is 14.8. The van der Waals surface area contributed by atoms with E-state index in [9.17, 15) is 5.11 Å². The summed E-state index contributed by atoms with van der Waals surface area (Å²) in [6.07, 6.45) is -0.454. The summed E-state index contributed by atoms with van der Waals surface area (Å²) in [7, 11) is 1.63. The molecule has 2 unspecified atom stereocenters. The number of hydrogen-bond acceptors (Lipinski definition) is 3. The lowest BCUT2D eigenvalue weighted by Crippen LogP contribution is -2.30. The molecular formula is C17H19ClO3. The van der Waals surface area contributed by atoms with Crippen LogP contribution in [0.2, 0.25) is 5.02 Å². The molecule has 4 heteroatoms. The highest BCUT2D eigenvalue weighted by molar-refractivity contribution is 6.30. The second-order valence-corrected chi connectivity index (χ2v) is 5.34. The van der Waals surface area contributed by atoms with E-state index in [1.165, 1.54) is 0 Å². The Bertz CT molecular complexity index is 586. The predicted octanol–water partition coefficient (Wildman–Crippen LogP) is 3.72. The van der Waals surface area contributed by atoms with Crippen molar-refractivity contribution in [1.82, 2.24) is 0 Å². The Morgan fingerprint density at radius 1 is 1.10 bits per heavy atom. The third-order valence-electron chi connectivity index (χ3n) is 3.24. The number of aliphatic hydroxyl groups excluding tert-OH is 1. The highest BCUT2D eigenvalue weighted by atomic mass is 35.5. The summed E-state index contributed by atoms with van der Waals surface area (Å²) in [5.41, 5.74) is 1.00. The van der Waals surface area contributed by atoms with Gasteiger partial charge in [-0.1, -0.05) is 29.8 Å². The molecule has 2 rings (SSSR count). The molecule has 0 aliphatic carbocycles. The van der Waals surface area contributed by atoms with Crippen molar-refractivity contribution in [3.05, 3.63) is 59.1 Å². The average Bonchev–Trinajstić information content (AvgIpc) is 2.47. The molecule has 0 amide bonds. The first kappa shape index (κ1) is 15.7. The minimum absolute atomic E-state index is 0.338. The van der Waals surface area contributed by atoms with E-state index in [2.05, 4.69) is 0 Å². The van der Waals surface area contributed by atoms with Crippen molar-refractivity contribution in [3.8, 4) is 11.5 Å². The van der Waals surface area contributed by atoms with Crippen molar-refractivity contribution in [1.29, 1.82) is 0 Å². The number of aliphatic hydroxyl groups is 1. The van der Waals surface area contributed by atoms with Gasteiger partial charge in [0.2, 0.25) is 0 Å². The average molecular weight is 307 g/mol. The van der Waals surface area contributed by atoms with E-state index >= 15 is 0 Å². The summed E-state index contributed by atoms with van der Waals surface area (Å²) >= 11 is 5.91. The van der Waals surface area contributed by atoms with Crippen LogP contribution in [0.4, 0.5) is 0 Å². The SMILES string of the molecule is COc1cccc(CC(O)C(C)Oc2cccc(Cl)c2)c1. The zero-order chi connectivity index (χ0) is 15.2. The monoisotopic (exact) mass is 306 g/mol. The van der Waals surface area contributed by atoms with Crippen LogP contribution in [-0.4, -0.2) is 24.4 Å². The summed E-state index contributed by atoms with van der Waals surface area (Å²) < 4.78 is 10.9. The Morgan fingerprint density at radius 3 is 2.52 bits per heavy atom. The fraction of sp³-hybridized carbons (Fsp3) is 0.294. The van der Waals surface area contributed by atoms with Crippen LogP contribution < -0.4 is 9.47 Å². The lowest BCUT2D eigenvalue weighted by Gasteiger charge is -2.21. The Balaban J connectivity index is 1.97. The number of methoxy groups -OCH3 is 1. The van der Waals surface area contributed by atoms with Gasteiger partial charge in [0.05, 0.1) is 13.2 Å². The molecule has 0 heterocycles. The van der Waals surface area contributed by atoms with Gasteiger partial charge < -0.3 is 14.6 Å². The third kappa shape index (κ3) is 4.66. The van der Waals surface area contributed by atoms with Crippen LogP contribution in [0.3, 0.4) is 0 Å². The fourth-order valence-electron chi connectivity index (χ4n) is 2.04. The van der Waals surface area contributed by atoms with Crippen LogP contribution in [0.15, 0.2) is 48.5 Å². The maximum Gasteiger partial charge on any atom is 0.122 e. The fourth-order valence-corrected chi connectivity index (χ4v) is 2.22. The van der Waals surface area contributed by atoms with Crippen LogP contribution in [0.25, 0.3) is 0 Å². The van der Waals surface area contributed by atoms with Gasteiger partial charge in [-0.25, -0.2) is 0 Å². The lowest BCUT2D eigenvalue weighted by molar-refractivity contribution is 0.0478. The topological polar surface area (TPSA) is 38.7 Å². The van der Waals surface area contributed by atoms with Crippen molar-refractivity contribution in [2.24, 2.45) is 0 Å². The van der Waals surface area contributed by atoms with Crippen molar-refractivity contribution in [2.75, 3.05) is 7.11 Å². The maximum atomic E-state index is 10.3. The third-order valence-corrected chi connectivity index (χ3v) is 3.47. The zero-order valence-corrected chi connectivity index (χ0v) is 12.9. The molecule has 2 atom stereocenters. The molecule has 0 aromatic heterocycles. The molecular weight excluding hydrogens is 288 g/mol. The molecule has 0 spiro atoms. The van der Waals surface area contributed by atoms with Gasteiger partial charge in [0.25, 0.3) is 0 Å². The van der Waals surface area contributed by atoms with Crippen LogP contribution in [-0.2, 0) is 6.42 Å². The molecule has 112 valence electrons. The molecule has 3 nitrogen and oxygen atoms in total. The second kappa shape index (κ2) is 7.34. The summed E-state index contributed by atoms with van der Waals surface area (Å²) in [6.45, 7) is 1.84. The molecule has 2 aromatic carbocycles. The van der Waals surface area contributed by atoms with E-state index in [0.29, 0.717) is 17.2 Å². The largest absolute Gasteiger partial charge is 0.497 e. The minimum atomic E-state index is -0.615. The van der Waals surface area contributed by atoms with Crippen molar-refractivity contribution in [2.45, 2.75) is 25.6 Å². The quantitative estimate of drug-likeness (QED) is 0.884. The van der Waals surface area contributed by atoms with Gasteiger partial charge in [0.1, 0.15) is 17.6 Å². The Labute approximate surface area is 130 Å². The Kier molecular flexibility index (Phi) is 5.48. The molecule has 0 saturated heterocycles. The number of hydrogen-bond donors (Lipinski definition) is 1. The first-order valence-corrected chi connectivity index (χ1v) is 7.19. The summed E-state index contributed by atoms with van der Waals surface area (Å²) in [4.78, 5) is 0. The van der Waals surface area contributed by atoms with Gasteiger partial charge in [0, 0.05) is 11.4 Å². The van der Waals surface area contributed by atoms with Crippen LogP contribution in [0.5, 0.6) is 11.5 Å². The van der Waals surface area contributed by atoms with E-state index in [4.69, 9.17) is 21.1 Å². The molecule has 0 aliphatic heterocycles. The van der Waals surface area contributed by atoms with E-state index in [-0.39, 0.29) is 6.10 Å². The van der Waals surface area contributed by atoms with Crippen LogP contribution >= 0.6 is 11.6 Å². The zero-order valence-electron chi connectivity index (χ0n) is 12.1. The lowest BCUT2D eigenvalue weighted by atomic mass is 10.0. The number of benzene rings is 2. The normalized spacial score (nSPS) is 13.5. The predicted molar refractivity (Wildman–Crippen MR) is 84.2 cm³/mol. The van der Waals surface area contributed by atoms with E-state index in [0.717, 1.165) is 11.3 Å². The minimum Gasteiger partial charge on any atom is -0.497 e. The van der Waals surface area contributed by atoms with Gasteiger partial charge >= 0.3 is 0 Å². The Hall–Kier alpha value is -1.71. The van der Waals surface area contributed by atoms with E-state index in [1.807, 2.05) is 43.3 Å². The standard InChI is InChI=1S/C17H19ClO3/c1-12(21-16-8-4-6-14(18)11-16)17(19)10-13-5-3-7-15(9-13)20-2/h3-9,11-12,17,19H,10H2,1-2H3. The molecule has 0 aliphatic rings. The number of ether oxygens (including phenoxy) is 2. The number of halogens is 1. The highest BCUT2D eigenvalue weighted by Crippen LogP contribution is 2.20. The van der Waals surface area contributed by atoms with E-state index < -0.39 is 6.10 Å². The molecule has 2 aromatic rings. The van der Waals surface area contributed by atoms with Crippen molar-refractivity contribution < 1.29 is 14.6 Å². The first-order valence-electron chi connectivity index (χ1n) is 6.81. The van der Waals surface area contributed by atoms with Crippen LogP contribution in [0, 0.1) is 0 Å². The van der Waals surface area contributed by atoms with E-state index in [1.54, 1.807) is 19.2 Å². The summed E-state index contributed by atoms with van der Waals surface area (Å²) in [5.74, 6) is 1.43. The summed E-state index contributed by atoms with van der Waals surface area (Å²) in [5, 5.41) is 10.9. The maximum absolute atomic E-state index is 10.3. The molecule has 0 saturated carbocycles. The number of rotatable bonds is 6. The molecule has 0 fully saturated rings. The molecule has 0 bridgehead atoms.